The maximum atomic E-state index is 12.2. The number of nitriles is 1. The highest BCUT2D eigenvalue weighted by molar-refractivity contribution is 5.77. The predicted molar refractivity (Wildman–Crippen MR) is 77.6 cm³/mol. The average molecular weight is 271 g/mol. The number of rotatable bonds is 7. The van der Waals surface area contributed by atoms with Gasteiger partial charge in [0.15, 0.2) is 0 Å². The van der Waals surface area contributed by atoms with Gasteiger partial charge in [0, 0.05) is 25.0 Å². The molecule has 1 aliphatic carbocycles. The largest absolute Gasteiger partial charge is 0.339 e. The van der Waals surface area contributed by atoms with Crippen molar-refractivity contribution in [1.29, 1.82) is 5.26 Å². The van der Waals surface area contributed by atoms with Gasteiger partial charge in [0.05, 0.1) is 12.5 Å². The summed E-state index contributed by atoms with van der Waals surface area (Å²) in [4.78, 5) is 14.1. The van der Waals surface area contributed by atoms with Crippen LogP contribution >= 0.6 is 0 Å². The molecular formula is C16H21N3O. The molecule has 0 bridgehead atoms. The molecule has 2 rings (SSSR count). The predicted octanol–water partition coefficient (Wildman–Crippen LogP) is 2.37. The van der Waals surface area contributed by atoms with E-state index < -0.39 is 0 Å². The Balaban J connectivity index is 1.83. The van der Waals surface area contributed by atoms with Gasteiger partial charge in [-0.1, -0.05) is 30.3 Å². The molecule has 2 N–H and O–H groups in total. The Bertz CT molecular complexity index is 476. The van der Waals surface area contributed by atoms with Crippen LogP contribution in [0.4, 0.5) is 0 Å². The van der Waals surface area contributed by atoms with Crippen LogP contribution in [-0.2, 0) is 4.79 Å². The highest BCUT2D eigenvalue weighted by Crippen LogP contribution is 2.28. The first-order valence-electron chi connectivity index (χ1n) is 7.19. The van der Waals surface area contributed by atoms with Crippen molar-refractivity contribution >= 4 is 5.91 Å². The number of hydrogen-bond donors (Lipinski definition) is 1. The third-order valence-corrected chi connectivity index (χ3v) is 3.67. The van der Waals surface area contributed by atoms with E-state index in [0.29, 0.717) is 31.8 Å². The van der Waals surface area contributed by atoms with Crippen LogP contribution in [0.5, 0.6) is 0 Å². The van der Waals surface area contributed by atoms with Crippen LogP contribution in [0.25, 0.3) is 0 Å². The van der Waals surface area contributed by atoms with Crippen LogP contribution in [0.15, 0.2) is 30.3 Å². The Hall–Kier alpha value is -1.86. The molecule has 0 heterocycles. The standard InChI is InChI=1S/C16H21N3O/c17-11-4-12-19(14-7-8-14)16(20)10-9-15(18)13-5-2-1-3-6-13/h1-3,5-6,14-15H,4,7-10,12,18H2. The fourth-order valence-electron chi connectivity index (χ4n) is 2.36. The van der Waals surface area contributed by atoms with E-state index in [9.17, 15) is 4.79 Å². The van der Waals surface area contributed by atoms with E-state index in [0.717, 1.165) is 18.4 Å². The molecule has 0 spiro atoms. The van der Waals surface area contributed by atoms with Gasteiger partial charge in [-0.25, -0.2) is 0 Å². The van der Waals surface area contributed by atoms with Crippen molar-refractivity contribution in [2.24, 2.45) is 5.73 Å². The summed E-state index contributed by atoms with van der Waals surface area (Å²) in [6.07, 6.45) is 3.66. The van der Waals surface area contributed by atoms with Crippen LogP contribution < -0.4 is 5.73 Å². The van der Waals surface area contributed by atoms with Gasteiger partial charge in [-0.3, -0.25) is 4.79 Å². The summed E-state index contributed by atoms with van der Waals surface area (Å²) >= 11 is 0. The molecule has 0 aliphatic heterocycles. The van der Waals surface area contributed by atoms with Crippen molar-refractivity contribution in [3.05, 3.63) is 35.9 Å². The topological polar surface area (TPSA) is 70.1 Å². The second kappa shape index (κ2) is 7.06. The van der Waals surface area contributed by atoms with E-state index in [1.807, 2.05) is 35.2 Å². The van der Waals surface area contributed by atoms with Crippen molar-refractivity contribution in [2.75, 3.05) is 6.54 Å². The first-order chi connectivity index (χ1) is 9.72. The molecular weight excluding hydrogens is 250 g/mol. The number of carbonyl (C=O) groups is 1. The minimum absolute atomic E-state index is 0.0998. The molecule has 0 aromatic heterocycles. The van der Waals surface area contributed by atoms with Gasteiger partial charge in [0.25, 0.3) is 0 Å². The summed E-state index contributed by atoms with van der Waals surface area (Å²) in [5.74, 6) is 0.133. The Morgan fingerprint density at radius 3 is 2.70 bits per heavy atom. The molecule has 1 aromatic carbocycles. The molecule has 106 valence electrons. The summed E-state index contributed by atoms with van der Waals surface area (Å²) < 4.78 is 0. The molecule has 4 nitrogen and oxygen atoms in total. The van der Waals surface area contributed by atoms with E-state index >= 15 is 0 Å². The maximum absolute atomic E-state index is 12.2. The molecule has 1 aromatic rings. The minimum Gasteiger partial charge on any atom is -0.339 e. The van der Waals surface area contributed by atoms with E-state index in [1.54, 1.807) is 0 Å². The van der Waals surface area contributed by atoms with Crippen LogP contribution in [0.3, 0.4) is 0 Å². The summed E-state index contributed by atoms with van der Waals surface area (Å²) in [7, 11) is 0. The van der Waals surface area contributed by atoms with Gasteiger partial charge < -0.3 is 10.6 Å². The lowest BCUT2D eigenvalue weighted by atomic mass is 10.0. The smallest absolute Gasteiger partial charge is 0.222 e. The molecule has 4 heteroatoms. The van der Waals surface area contributed by atoms with Crippen molar-refractivity contribution in [3.8, 4) is 6.07 Å². The van der Waals surface area contributed by atoms with Crippen LogP contribution in [0.1, 0.15) is 43.7 Å². The maximum Gasteiger partial charge on any atom is 0.222 e. The van der Waals surface area contributed by atoms with Gasteiger partial charge in [-0.2, -0.15) is 5.26 Å². The van der Waals surface area contributed by atoms with Crippen molar-refractivity contribution in [2.45, 2.75) is 44.2 Å². The number of nitrogens with two attached hydrogens (primary N) is 1. The van der Waals surface area contributed by atoms with Crippen LogP contribution in [-0.4, -0.2) is 23.4 Å². The van der Waals surface area contributed by atoms with Gasteiger partial charge in [0.1, 0.15) is 0 Å². The monoisotopic (exact) mass is 271 g/mol. The summed E-state index contributed by atoms with van der Waals surface area (Å²) in [6, 6.07) is 12.2. The van der Waals surface area contributed by atoms with Crippen molar-refractivity contribution < 1.29 is 4.79 Å². The van der Waals surface area contributed by atoms with Crippen LogP contribution in [0.2, 0.25) is 0 Å². The SMILES string of the molecule is N#CCCN(C(=O)CCC(N)c1ccccc1)C1CC1. The number of carbonyl (C=O) groups excluding carboxylic acids is 1. The van der Waals surface area contributed by atoms with E-state index in [2.05, 4.69) is 6.07 Å². The normalized spacial score (nSPS) is 15.4. The molecule has 0 saturated heterocycles. The average Bonchev–Trinajstić information content (AvgIpc) is 3.31. The number of benzene rings is 1. The molecule has 1 atom stereocenters. The van der Waals surface area contributed by atoms with Crippen molar-refractivity contribution in [1.82, 2.24) is 4.90 Å². The van der Waals surface area contributed by atoms with Gasteiger partial charge >= 0.3 is 0 Å². The fraction of sp³-hybridized carbons (Fsp3) is 0.500. The molecule has 20 heavy (non-hydrogen) atoms. The molecule has 1 fully saturated rings. The first kappa shape index (κ1) is 14.5. The van der Waals surface area contributed by atoms with Crippen molar-refractivity contribution in [3.63, 3.8) is 0 Å². The number of nitrogens with zero attached hydrogens (tertiary/aromatic N) is 2. The zero-order chi connectivity index (χ0) is 14.4. The summed E-state index contributed by atoms with van der Waals surface area (Å²) in [6.45, 7) is 0.556. The zero-order valence-electron chi connectivity index (χ0n) is 11.7. The molecule has 0 radical (unpaired) electrons. The van der Waals surface area contributed by atoms with Crippen LogP contribution in [0, 0.1) is 11.3 Å². The number of hydrogen-bond acceptors (Lipinski definition) is 3. The first-order valence-corrected chi connectivity index (χ1v) is 7.19. The van der Waals surface area contributed by atoms with Gasteiger partial charge in [0.2, 0.25) is 5.91 Å². The Labute approximate surface area is 120 Å². The van der Waals surface area contributed by atoms with E-state index in [4.69, 9.17) is 11.0 Å². The van der Waals surface area contributed by atoms with Gasteiger partial charge in [-0.15, -0.1) is 0 Å². The van der Waals surface area contributed by atoms with E-state index in [-0.39, 0.29) is 11.9 Å². The molecule has 1 saturated carbocycles. The highest BCUT2D eigenvalue weighted by Gasteiger charge is 2.31. The Morgan fingerprint density at radius 2 is 2.10 bits per heavy atom. The van der Waals surface area contributed by atoms with E-state index in [1.165, 1.54) is 0 Å². The second-order valence-corrected chi connectivity index (χ2v) is 5.28. The number of amides is 1. The quantitative estimate of drug-likeness (QED) is 0.827. The molecule has 1 amide bonds. The Kier molecular flexibility index (Phi) is 5.14. The lowest BCUT2D eigenvalue weighted by Gasteiger charge is -2.22. The lowest BCUT2D eigenvalue weighted by Crippen LogP contribution is -2.34. The molecule has 1 aliphatic rings. The Morgan fingerprint density at radius 1 is 1.40 bits per heavy atom. The summed E-state index contributed by atoms with van der Waals surface area (Å²) in [5.41, 5.74) is 7.18. The fourth-order valence-corrected chi connectivity index (χ4v) is 2.36. The third-order valence-electron chi connectivity index (χ3n) is 3.67. The van der Waals surface area contributed by atoms with Gasteiger partial charge in [-0.05, 0) is 24.8 Å². The molecule has 1 unspecified atom stereocenters. The zero-order valence-corrected chi connectivity index (χ0v) is 11.7. The third kappa shape index (κ3) is 4.07. The summed E-state index contributed by atoms with van der Waals surface area (Å²) in [5, 5.41) is 8.66. The minimum atomic E-state index is -0.0998. The highest BCUT2D eigenvalue weighted by atomic mass is 16.2. The lowest BCUT2D eigenvalue weighted by molar-refractivity contribution is -0.131. The second-order valence-electron chi connectivity index (χ2n) is 5.28.